The Bertz CT molecular complexity index is 503. The number of benzene rings is 1. The van der Waals surface area contributed by atoms with Crippen molar-refractivity contribution in [3.63, 3.8) is 0 Å². The highest BCUT2D eigenvalue weighted by Crippen LogP contribution is 2.38. The minimum atomic E-state index is -4.33. The molecular weight excluding hydrogens is 289 g/mol. The third kappa shape index (κ3) is 3.88. The number of hydrogen-bond acceptors (Lipinski definition) is 2. The van der Waals surface area contributed by atoms with Gasteiger partial charge in [0.2, 0.25) is 0 Å². The molecule has 1 heterocycles. The Labute approximate surface area is 130 Å². The van der Waals surface area contributed by atoms with Crippen LogP contribution in [-0.2, 0) is 12.7 Å². The summed E-state index contributed by atoms with van der Waals surface area (Å²) in [5.74, 6) is 0.187. The predicted octanol–water partition coefficient (Wildman–Crippen LogP) is 4.50. The first-order valence-electron chi connectivity index (χ1n) is 7.81. The molecule has 1 aromatic carbocycles. The van der Waals surface area contributed by atoms with Crippen molar-refractivity contribution < 1.29 is 13.2 Å². The van der Waals surface area contributed by atoms with Crippen molar-refractivity contribution in [3.8, 4) is 0 Å². The van der Waals surface area contributed by atoms with E-state index in [0.29, 0.717) is 5.56 Å². The summed E-state index contributed by atoms with van der Waals surface area (Å²) >= 11 is 0. The summed E-state index contributed by atoms with van der Waals surface area (Å²) in [6, 6.07) is 4.50. The van der Waals surface area contributed by atoms with Crippen molar-refractivity contribution >= 4 is 6.72 Å². The van der Waals surface area contributed by atoms with Crippen LogP contribution in [0.2, 0.25) is 0 Å². The molecule has 0 radical (unpaired) electrons. The number of nitrogens with zero attached hydrogens (tertiary/aromatic N) is 2. The Kier molecular flexibility index (Phi) is 5.62. The zero-order valence-electron chi connectivity index (χ0n) is 13.0. The summed E-state index contributed by atoms with van der Waals surface area (Å²) < 4.78 is 39.6. The predicted molar refractivity (Wildman–Crippen MR) is 83.4 cm³/mol. The van der Waals surface area contributed by atoms with Crippen LogP contribution < -0.4 is 0 Å². The van der Waals surface area contributed by atoms with Gasteiger partial charge in [0.1, 0.15) is 0 Å². The van der Waals surface area contributed by atoms with Gasteiger partial charge in [-0.15, -0.1) is 0 Å². The average Bonchev–Trinajstić information content (AvgIpc) is 2.48. The summed E-state index contributed by atoms with van der Waals surface area (Å²) in [6.07, 6.45) is -1.41. The summed E-state index contributed by atoms with van der Waals surface area (Å²) in [5.41, 5.74) is 0.547. The van der Waals surface area contributed by atoms with Gasteiger partial charge in [0, 0.05) is 0 Å². The SMILES string of the molecule is C=NCc1c(C2CCN(CCC)CC2)cccc1C(F)(F)F. The maximum absolute atomic E-state index is 13.2. The molecule has 1 fully saturated rings. The van der Waals surface area contributed by atoms with Crippen LogP contribution in [0.15, 0.2) is 23.2 Å². The van der Waals surface area contributed by atoms with E-state index in [1.165, 1.54) is 6.07 Å². The van der Waals surface area contributed by atoms with Gasteiger partial charge in [-0.05, 0) is 68.7 Å². The van der Waals surface area contributed by atoms with Crippen molar-refractivity contribution in [2.45, 2.75) is 44.8 Å². The molecule has 0 atom stereocenters. The van der Waals surface area contributed by atoms with Crippen LogP contribution in [0.3, 0.4) is 0 Å². The van der Waals surface area contributed by atoms with E-state index >= 15 is 0 Å². The number of hydrogen-bond donors (Lipinski definition) is 0. The molecular formula is C17H23F3N2. The summed E-state index contributed by atoms with van der Waals surface area (Å²) in [7, 11) is 0. The molecule has 1 saturated heterocycles. The van der Waals surface area contributed by atoms with Crippen molar-refractivity contribution in [1.29, 1.82) is 0 Å². The van der Waals surface area contributed by atoms with Gasteiger partial charge < -0.3 is 4.90 Å². The molecule has 22 heavy (non-hydrogen) atoms. The van der Waals surface area contributed by atoms with Gasteiger partial charge in [0.05, 0.1) is 12.1 Å². The molecule has 1 aliphatic rings. The van der Waals surface area contributed by atoms with Crippen LogP contribution in [-0.4, -0.2) is 31.3 Å². The Morgan fingerprint density at radius 1 is 1.27 bits per heavy atom. The lowest BCUT2D eigenvalue weighted by Gasteiger charge is -2.33. The molecule has 0 amide bonds. The Morgan fingerprint density at radius 2 is 1.95 bits per heavy atom. The van der Waals surface area contributed by atoms with E-state index in [2.05, 4.69) is 23.5 Å². The topological polar surface area (TPSA) is 15.6 Å². The largest absolute Gasteiger partial charge is 0.416 e. The van der Waals surface area contributed by atoms with E-state index in [-0.39, 0.29) is 12.5 Å². The first-order valence-corrected chi connectivity index (χ1v) is 7.81. The third-order valence-corrected chi connectivity index (χ3v) is 4.35. The molecule has 0 spiro atoms. The zero-order chi connectivity index (χ0) is 16.2. The van der Waals surface area contributed by atoms with Crippen LogP contribution in [0, 0.1) is 0 Å². The molecule has 2 nitrogen and oxygen atoms in total. The zero-order valence-corrected chi connectivity index (χ0v) is 13.0. The third-order valence-electron chi connectivity index (χ3n) is 4.35. The van der Waals surface area contributed by atoms with Gasteiger partial charge in [0.15, 0.2) is 0 Å². The molecule has 0 aliphatic carbocycles. The molecule has 1 aromatic rings. The van der Waals surface area contributed by atoms with Crippen molar-refractivity contribution in [3.05, 3.63) is 34.9 Å². The second-order valence-electron chi connectivity index (χ2n) is 5.87. The van der Waals surface area contributed by atoms with E-state index < -0.39 is 11.7 Å². The van der Waals surface area contributed by atoms with E-state index in [1.807, 2.05) is 6.07 Å². The summed E-state index contributed by atoms with van der Waals surface area (Å²) in [5, 5.41) is 0. The van der Waals surface area contributed by atoms with Gasteiger partial charge in [0.25, 0.3) is 0 Å². The van der Waals surface area contributed by atoms with E-state index in [9.17, 15) is 13.2 Å². The van der Waals surface area contributed by atoms with Crippen molar-refractivity contribution in [2.24, 2.45) is 4.99 Å². The maximum atomic E-state index is 13.2. The van der Waals surface area contributed by atoms with Crippen LogP contribution in [0.5, 0.6) is 0 Å². The van der Waals surface area contributed by atoms with Crippen molar-refractivity contribution in [2.75, 3.05) is 19.6 Å². The smallest absolute Gasteiger partial charge is 0.303 e. The molecule has 0 unspecified atom stereocenters. The molecule has 1 aliphatic heterocycles. The highest BCUT2D eigenvalue weighted by atomic mass is 19.4. The minimum absolute atomic E-state index is 0.0280. The quantitative estimate of drug-likeness (QED) is 0.731. The van der Waals surface area contributed by atoms with Crippen molar-refractivity contribution in [1.82, 2.24) is 4.90 Å². The Hall–Kier alpha value is -1.36. The molecule has 5 heteroatoms. The highest BCUT2D eigenvalue weighted by molar-refractivity contribution is 5.40. The standard InChI is InChI=1S/C17H23F3N2/c1-3-9-22-10-7-13(8-11-22)14-5-4-6-16(17(18,19)20)15(14)12-21-2/h4-6,13H,2-3,7-12H2,1H3. The number of rotatable bonds is 5. The van der Waals surface area contributed by atoms with Gasteiger partial charge in [-0.1, -0.05) is 19.1 Å². The van der Waals surface area contributed by atoms with Gasteiger partial charge in [-0.25, -0.2) is 0 Å². The first-order chi connectivity index (χ1) is 10.5. The summed E-state index contributed by atoms with van der Waals surface area (Å²) in [6.45, 7) is 8.52. The number of piperidine rings is 1. The minimum Gasteiger partial charge on any atom is -0.303 e. The maximum Gasteiger partial charge on any atom is 0.416 e. The van der Waals surface area contributed by atoms with Crippen LogP contribution >= 0.6 is 0 Å². The fourth-order valence-electron chi connectivity index (χ4n) is 3.32. The molecule has 2 rings (SSSR count). The van der Waals surface area contributed by atoms with Crippen LogP contribution in [0.1, 0.15) is 48.8 Å². The van der Waals surface area contributed by atoms with E-state index in [0.717, 1.165) is 50.5 Å². The van der Waals surface area contributed by atoms with Crippen LogP contribution in [0.25, 0.3) is 0 Å². The fraction of sp³-hybridized carbons (Fsp3) is 0.588. The number of likely N-dealkylation sites (tertiary alicyclic amines) is 1. The van der Waals surface area contributed by atoms with E-state index in [1.54, 1.807) is 0 Å². The normalized spacial score (nSPS) is 17.6. The van der Waals surface area contributed by atoms with E-state index in [4.69, 9.17) is 0 Å². The van der Waals surface area contributed by atoms with Crippen LogP contribution in [0.4, 0.5) is 13.2 Å². The molecule has 0 aromatic heterocycles. The number of alkyl halides is 3. The lowest BCUT2D eigenvalue weighted by atomic mass is 9.84. The molecule has 0 N–H and O–H groups in total. The fourth-order valence-corrected chi connectivity index (χ4v) is 3.32. The highest BCUT2D eigenvalue weighted by Gasteiger charge is 2.35. The average molecular weight is 312 g/mol. The first kappa shape index (κ1) is 17.0. The molecule has 122 valence electrons. The molecule has 0 bridgehead atoms. The lowest BCUT2D eigenvalue weighted by molar-refractivity contribution is -0.138. The molecule has 0 saturated carbocycles. The van der Waals surface area contributed by atoms with Gasteiger partial charge >= 0.3 is 6.18 Å². The second-order valence-corrected chi connectivity index (χ2v) is 5.87. The number of halogens is 3. The van der Waals surface area contributed by atoms with Gasteiger partial charge in [-0.2, -0.15) is 13.2 Å². The Morgan fingerprint density at radius 3 is 2.50 bits per heavy atom. The number of aliphatic imine (C=N–C) groups is 1. The summed E-state index contributed by atoms with van der Waals surface area (Å²) in [4.78, 5) is 6.10. The Balaban J connectivity index is 2.26. The monoisotopic (exact) mass is 312 g/mol. The lowest BCUT2D eigenvalue weighted by Crippen LogP contribution is -2.33. The second kappa shape index (κ2) is 7.27. The van der Waals surface area contributed by atoms with Gasteiger partial charge in [-0.3, -0.25) is 4.99 Å².